The van der Waals surface area contributed by atoms with Gasteiger partial charge in [0.1, 0.15) is 5.82 Å². The van der Waals surface area contributed by atoms with E-state index in [0.717, 1.165) is 6.07 Å². The van der Waals surface area contributed by atoms with Crippen molar-refractivity contribution in [3.05, 3.63) is 46.6 Å². The molecule has 0 saturated heterocycles. The van der Waals surface area contributed by atoms with Crippen molar-refractivity contribution in [2.24, 2.45) is 0 Å². The van der Waals surface area contributed by atoms with E-state index in [0.29, 0.717) is 18.4 Å². The predicted molar refractivity (Wildman–Crippen MR) is 46.7 cm³/mol. The Hall–Kier alpha value is -1.45. The van der Waals surface area contributed by atoms with E-state index in [-0.39, 0.29) is 5.69 Å². The lowest BCUT2D eigenvalue weighted by molar-refractivity contribution is -0.385. The Morgan fingerprint density at radius 2 is 2.23 bits per heavy atom. The molecule has 0 aromatic heterocycles. The van der Waals surface area contributed by atoms with E-state index in [2.05, 4.69) is 6.92 Å². The number of hydrogen-bond acceptors (Lipinski definition) is 2. The van der Waals surface area contributed by atoms with Gasteiger partial charge in [0, 0.05) is 11.6 Å². The van der Waals surface area contributed by atoms with Crippen molar-refractivity contribution in [1.29, 1.82) is 0 Å². The summed E-state index contributed by atoms with van der Waals surface area (Å²) in [7, 11) is 0. The molecule has 0 bridgehead atoms. The van der Waals surface area contributed by atoms with Gasteiger partial charge in [-0.3, -0.25) is 10.1 Å². The van der Waals surface area contributed by atoms with Crippen molar-refractivity contribution in [3.8, 4) is 0 Å². The molecular formula is C9H9FNO2. The van der Waals surface area contributed by atoms with Crippen LogP contribution < -0.4 is 0 Å². The van der Waals surface area contributed by atoms with Crippen LogP contribution in [-0.2, 0) is 6.42 Å². The van der Waals surface area contributed by atoms with E-state index < -0.39 is 10.7 Å². The van der Waals surface area contributed by atoms with E-state index in [1.54, 1.807) is 0 Å². The van der Waals surface area contributed by atoms with Crippen molar-refractivity contribution in [2.75, 3.05) is 0 Å². The first-order chi connectivity index (χ1) is 6.15. The number of halogens is 1. The molecule has 0 aliphatic rings. The van der Waals surface area contributed by atoms with Crippen LogP contribution in [0.1, 0.15) is 12.0 Å². The minimum absolute atomic E-state index is 0.0370. The topological polar surface area (TPSA) is 43.1 Å². The highest BCUT2D eigenvalue weighted by Gasteiger charge is 2.12. The van der Waals surface area contributed by atoms with E-state index in [9.17, 15) is 14.5 Å². The van der Waals surface area contributed by atoms with E-state index in [4.69, 9.17) is 0 Å². The van der Waals surface area contributed by atoms with Crippen LogP contribution in [0.5, 0.6) is 0 Å². The Morgan fingerprint density at radius 3 is 2.77 bits per heavy atom. The second-order valence-electron chi connectivity index (χ2n) is 2.63. The lowest BCUT2D eigenvalue weighted by atomic mass is 10.1. The average molecular weight is 182 g/mol. The summed E-state index contributed by atoms with van der Waals surface area (Å²) >= 11 is 0. The van der Waals surface area contributed by atoms with Crippen LogP contribution >= 0.6 is 0 Å². The molecule has 0 atom stereocenters. The van der Waals surface area contributed by atoms with E-state index in [1.165, 1.54) is 12.1 Å². The highest BCUT2D eigenvalue weighted by atomic mass is 19.1. The van der Waals surface area contributed by atoms with Gasteiger partial charge in [-0.1, -0.05) is 6.92 Å². The van der Waals surface area contributed by atoms with Gasteiger partial charge in [0.25, 0.3) is 5.69 Å². The van der Waals surface area contributed by atoms with Crippen molar-refractivity contribution >= 4 is 5.69 Å². The van der Waals surface area contributed by atoms with Crippen LogP contribution in [0.4, 0.5) is 10.1 Å². The molecule has 69 valence electrons. The Labute approximate surface area is 75.3 Å². The third kappa shape index (κ3) is 2.24. The summed E-state index contributed by atoms with van der Waals surface area (Å²) in [5.41, 5.74) is 0.366. The zero-order valence-electron chi connectivity index (χ0n) is 7.00. The van der Waals surface area contributed by atoms with Gasteiger partial charge < -0.3 is 0 Å². The molecular weight excluding hydrogens is 173 g/mol. The summed E-state index contributed by atoms with van der Waals surface area (Å²) in [6, 6.07) is 3.45. The fraction of sp³-hybridized carbons (Fsp3) is 0.222. The van der Waals surface area contributed by atoms with Crippen molar-refractivity contribution in [3.63, 3.8) is 0 Å². The van der Waals surface area contributed by atoms with Crippen LogP contribution in [0.25, 0.3) is 0 Å². The summed E-state index contributed by atoms with van der Waals surface area (Å²) < 4.78 is 12.7. The molecule has 1 aromatic carbocycles. The first-order valence-corrected chi connectivity index (χ1v) is 3.87. The molecule has 1 radical (unpaired) electrons. The number of nitro groups is 1. The second kappa shape index (κ2) is 3.98. The minimum Gasteiger partial charge on any atom is -0.258 e. The molecule has 0 saturated carbocycles. The fourth-order valence-corrected chi connectivity index (χ4v) is 1.12. The SMILES string of the molecule is [CH2]CCc1cc(F)ccc1[N+](=O)[O-]. The van der Waals surface area contributed by atoms with Gasteiger partial charge in [-0.05, 0) is 25.0 Å². The molecule has 13 heavy (non-hydrogen) atoms. The summed E-state index contributed by atoms with van der Waals surface area (Å²) in [6.45, 7) is 3.57. The van der Waals surface area contributed by atoms with Gasteiger partial charge in [0.05, 0.1) is 4.92 Å². The Balaban J connectivity index is 3.10. The Kier molecular flexibility index (Phi) is 2.95. The maximum Gasteiger partial charge on any atom is 0.272 e. The molecule has 1 rings (SSSR count). The summed E-state index contributed by atoms with van der Waals surface area (Å²) in [5, 5.41) is 10.5. The Morgan fingerprint density at radius 1 is 1.54 bits per heavy atom. The number of hydrogen-bond donors (Lipinski definition) is 0. The quantitative estimate of drug-likeness (QED) is 0.532. The van der Waals surface area contributed by atoms with Crippen LogP contribution in [0.2, 0.25) is 0 Å². The maximum absolute atomic E-state index is 12.7. The summed E-state index contributed by atoms with van der Waals surface area (Å²) in [5.74, 6) is -0.450. The molecule has 0 heterocycles. The predicted octanol–water partition coefficient (Wildman–Crippen LogP) is 2.50. The molecule has 0 N–H and O–H groups in total. The average Bonchev–Trinajstić information content (AvgIpc) is 2.04. The van der Waals surface area contributed by atoms with Crippen molar-refractivity contribution in [2.45, 2.75) is 12.8 Å². The number of aryl methyl sites for hydroxylation is 1. The van der Waals surface area contributed by atoms with Gasteiger partial charge in [-0.25, -0.2) is 4.39 Å². The summed E-state index contributed by atoms with van der Waals surface area (Å²) in [4.78, 5) is 9.96. The molecule has 0 aliphatic carbocycles. The number of nitrogens with zero attached hydrogens (tertiary/aromatic N) is 1. The van der Waals surface area contributed by atoms with E-state index >= 15 is 0 Å². The normalized spacial score (nSPS) is 10.0. The van der Waals surface area contributed by atoms with Gasteiger partial charge in [-0.15, -0.1) is 0 Å². The summed E-state index contributed by atoms with van der Waals surface area (Å²) in [6.07, 6.45) is 0.943. The molecule has 0 unspecified atom stereocenters. The fourth-order valence-electron chi connectivity index (χ4n) is 1.12. The van der Waals surface area contributed by atoms with Crippen LogP contribution in [0.3, 0.4) is 0 Å². The molecule has 0 amide bonds. The minimum atomic E-state index is -0.509. The Bertz CT molecular complexity index is 325. The molecule has 0 spiro atoms. The first-order valence-electron chi connectivity index (χ1n) is 3.87. The number of benzene rings is 1. The molecule has 1 aromatic rings. The lowest BCUT2D eigenvalue weighted by Gasteiger charge is -2.00. The van der Waals surface area contributed by atoms with Crippen molar-refractivity contribution in [1.82, 2.24) is 0 Å². The monoisotopic (exact) mass is 182 g/mol. The van der Waals surface area contributed by atoms with Crippen LogP contribution in [0.15, 0.2) is 18.2 Å². The maximum atomic E-state index is 12.7. The van der Waals surface area contributed by atoms with Gasteiger partial charge in [-0.2, -0.15) is 0 Å². The number of nitro benzene ring substituents is 1. The highest BCUT2D eigenvalue weighted by Crippen LogP contribution is 2.20. The van der Waals surface area contributed by atoms with E-state index in [1.807, 2.05) is 0 Å². The standard InChI is InChI=1S/C9H9FNO2/c1-2-3-7-6-8(10)4-5-9(7)11(12)13/h4-6H,1-3H2. The van der Waals surface area contributed by atoms with Gasteiger partial charge in [0.2, 0.25) is 0 Å². The van der Waals surface area contributed by atoms with Crippen LogP contribution in [0, 0.1) is 22.9 Å². The molecule has 3 nitrogen and oxygen atoms in total. The van der Waals surface area contributed by atoms with Gasteiger partial charge >= 0.3 is 0 Å². The zero-order valence-corrected chi connectivity index (χ0v) is 7.00. The zero-order chi connectivity index (χ0) is 9.84. The third-order valence-corrected chi connectivity index (χ3v) is 1.68. The first kappa shape index (κ1) is 9.64. The molecule has 0 fully saturated rings. The lowest BCUT2D eigenvalue weighted by Crippen LogP contribution is -1.95. The molecule has 0 aliphatic heterocycles. The largest absolute Gasteiger partial charge is 0.272 e. The van der Waals surface area contributed by atoms with Crippen LogP contribution in [-0.4, -0.2) is 4.92 Å². The second-order valence-corrected chi connectivity index (χ2v) is 2.63. The van der Waals surface area contributed by atoms with Crippen molar-refractivity contribution < 1.29 is 9.31 Å². The smallest absolute Gasteiger partial charge is 0.258 e. The third-order valence-electron chi connectivity index (χ3n) is 1.68. The van der Waals surface area contributed by atoms with Gasteiger partial charge in [0.15, 0.2) is 0 Å². The molecule has 4 heteroatoms. The number of rotatable bonds is 3. The highest BCUT2D eigenvalue weighted by molar-refractivity contribution is 5.40.